The van der Waals surface area contributed by atoms with E-state index in [-0.39, 0.29) is 21.7 Å². The molecule has 6 nitrogen and oxygen atoms in total. The third-order valence-corrected chi connectivity index (χ3v) is 2.93. The summed E-state index contributed by atoms with van der Waals surface area (Å²) < 4.78 is 4.85. The number of allylic oxidation sites excluding steroid dienone is 1. The molecule has 0 heterocycles. The largest absolute Gasteiger partial charge is 4.00 e. The predicted octanol–water partition coefficient (Wildman–Crippen LogP) is 6.44. The normalized spacial score (nSPS) is 8.90. The third kappa shape index (κ3) is 31.4. The van der Waals surface area contributed by atoms with Crippen molar-refractivity contribution < 1.29 is 31.2 Å². The molecular weight excluding hydrogens is 412 g/mol. The van der Waals surface area contributed by atoms with Gasteiger partial charge in [-0.25, -0.2) is 4.79 Å². The Bertz CT molecular complexity index is 440. The van der Waals surface area contributed by atoms with E-state index in [1.165, 1.54) is 0 Å². The van der Waals surface area contributed by atoms with E-state index in [9.17, 15) is 4.79 Å². The van der Waals surface area contributed by atoms with Crippen LogP contribution in [-0.4, -0.2) is 45.4 Å². The molecular formula is C23H42N4O2Ti. The van der Waals surface area contributed by atoms with Gasteiger partial charge in [-0.3, -0.25) is 0 Å². The fourth-order valence-electron chi connectivity index (χ4n) is 1.72. The molecule has 0 fully saturated rings. The maximum atomic E-state index is 10.6. The molecule has 1 aromatic carbocycles. The minimum Gasteiger partial charge on any atom is -0.663 e. The Balaban J connectivity index is -0.000000176. The molecule has 0 radical (unpaired) electrons. The maximum absolute atomic E-state index is 10.6. The first-order valence-corrected chi connectivity index (χ1v) is 10.4. The monoisotopic (exact) mass is 454 g/mol. The van der Waals surface area contributed by atoms with Gasteiger partial charge < -0.3 is 26.4 Å². The second-order valence-corrected chi connectivity index (χ2v) is 5.22. The van der Waals surface area contributed by atoms with E-state index >= 15 is 0 Å². The Hall–Kier alpha value is -1.31. The van der Waals surface area contributed by atoms with Crippen molar-refractivity contribution in [3.63, 3.8) is 0 Å². The molecule has 0 spiro atoms. The first-order chi connectivity index (χ1) is 14.0. The van der Waals surface area contributed by atoms with Gasteiger partial charge in [-0.2, -0.15) is 45.3 Å². The molecule has 0 aliphatic rings. The van der Waals surface area contributed by atoms with Gasteiger partial charge in [0.2, 0.25) is 0 Å². The summed E-state index contributed by atoms with van der Waals surface area (Å²) >= 11 is 0. The van der Waals surface area contributed by atoms with Crippen molar-refractivity contribution in [2.75, 3.05) is 39.3 Å². The summed E-state index contributed by atoms with van der Waals surface area (Å²) in [6.45, 7) is 19.9. The van der Waals surface area contributed by atoms with Crippen LogP contribution in [0.5, 0.6) is 0 Å². The number of hydrogen-bond donors (Lipinski definition) is 1. The minimum atomic E-state index is -0.804. The van der Waals surface area contributed by atoms with Crippen LogP contribution in [0.25, 0.3) is 16.0 Å². The average Bonchev–Trinajstić information content (AvgIpc) is 2.71. The van der Waals surface area contributed by atoms with Crippen LogP contribution in [-0.2, 0) is 26.5 Å². The molecule has 170 valence electrons. The number of nitrogens with zero attached hydrogens (tertiary/aromatic N) is 3. The molecule has 0 aliphatic heterocycles. The Morgan fingerprint density at radius 1 is 0.867 bits per heavy atom. The number of hydrogen-bond acceptors (Lipinski definition) is 2. The van der Waals surface area contributed by atoms with Gasteiger partial charge in [0.25, 0.3) is 0 Å². The number of rotatable bonds is 9. The van der Waals surface area contributed by atoms with Crippen LogP contribution in [0.15, 0.2) is 42.5 Å². The Morgan fingerprint density at radius 2 is 1.23 bits per heavy atom. The van der Waals surface area contributed by atoms with Crippen molar-refractivity contribution in [2.45, 2.75) is 48.5 Å². The SMILES string of the molecule is CC=C[C-](OC(N)=O)c1ccccc1.CC[N-]CC.CC[N-]CC.CC[N-]CC.[Ti+4]. The Kier molecular flexibility index (Phi) is 38.9. The zero-order valence-corrected chi connectivity index (χ0v) is 21.6. The van der Waals surface area contributed by atoms with Crippen LogP contribution in [0.4, 0.5) is 4.79 Å². The molecule has 0 saturated heterocycles. The molecule has 0 bridgehead atoms. The van der Waals surface area contributed by atoms with Crippen LogP contribution in [0.3, 0.4) is 0 Å². The molecule has 30 heavy (non-hydrogen) atoms. The van der Waals surface area contributed by atoms with E-state index in [0.29, 0.717) is 6.10 Å². The van der Waals surface area contributed by atoms with Crippen LogP contribution < -0.4 is 5.73 Å². The summed E-state index contributed by atoms with van der Waals surface area (Å²) in [5, 5.41) is 11.9. The summed E-state index contributed by atoms with van der Waals surface area (Å²) in [7, 11) is 0. The van der Waals surface area contributed by atoms with Gasteiger partial charge in [0, 0.05) is 6.10 Å². The molecule has 7 heteroatoms. The zero-order chi connectivity index (χ0) is 22.8. The van der Waals surface area contributed by atoms with Gasteiger partial charge in [0.1, 0.15) is 0 Å². The number of ether oxygens (including phenoxy) is 1. The smallest absolute Gasteiger partial charge is 0.663 e. The summed E-state index contributed by atoms with van der Waals surface area (Å²) in [5.74, 6) is 0. The second-order valence-electron chi connectivity index (χ2n) is 5.22. The summed E-state index contributed by atoms with van der Waals surface area (Å²) in [6.07, 6.45) is 3.13. The Labute approximate surface area is 200 Å². The number of primary amides is 1. The van der Waals surface area contributed by atoms with Crippen molar-refractivity contribution in [1.29, 1.82) is 0 Å². The standard InChI is InChI=1S/C11H12NO2.3C4H10N.Ti/c1-2-6-10(14-11(12)13)9-7-4-3-5-8-9;3*1-3-5-4-2;/h2-8H,1H3,(H2,12,13);3*3-4H2,1-2H3;/q4*-1;+4. The van der Waals surface area contributed by atoms with E-state index in [1.54, 1.807) is 12.2 Å². The molecule has 0 aromatic heterocycles. The van der Waals surface area contributed by atoms with E-state index in [1.807, 2.05) is 78.8 Å². The fraction of sp³-hybridized carbons (Fsp3) is 0.565. The minimum absolute atomic E-state index is 0. The number of carbonyl (C=O) groups is 1. The number of nitrogens with two attached hydrogens (primary N) is 1. The second kappa shape index (κ2) is 32.4. The van der Waals surface area contributed by atoms with Crippen LogP contribution in [0.1, 0.15) is 54.0 Å². The molecule has 2 N–H and O–H groups in total. The molecule has 1 amide bonds. The first-order valence-electron chi connectivity index (χ1n) is 10.4. The summed E-state index contributed by atoms with van der Waals surface area (Å²) in [5.41, 5.74) is 5.77. The zero-order valence-electron chi connectivity index (χ0n) is 20.0. The Morgan fingerprint density at radius 3 is 1.47 bits per heavy atom. The van der Waals surface area contributed by atoms with Crippen LogP contribution in [0, 0.1) is 6.10 Å². The first kappa shape index (κ1) is 36.1. The fourth-order valence-corrected chi connectivity index (χ4v) is 1.72. The molecule has 0 unspecified atom stereocenters. The van der Waals surface area contributed by atoms with Gasteiger partial charge in [-0.15, -0.1) is 35.9 Å². The summed E-state index contributed by atoms with van der Waals surface area (Å²) in [6, 6.07) is 9.31. The van der Waals surface area contributed by atoms with Gasteiger partial charge >= 0.3 is 27.8 Å². The number of amides is 1. The van der Waals surface area contributed by atoms with E-state index in [2.05, 4.69) is 16.0 Å². The van der Waals surface area contributed by atoms with Gasteiger partial charge in [0.15, 0.2) is 0 Å². The van der Waals surface area contributed by atoms with E-state index in [4.69, 9.17) is 10.5 Å². The molecule has 1 aromatic rings. The van der Waals surface area contributed by atoms with E-state index in [0.717, 1.165) is 44.8 Å². The summed E-state index contributed by atoms with van der Waals surface area (Å²) in [4.78, 5) is 10.6. The number of carbonyl (C=O) groups excluding carboxylic acids is 1. The van der Waals surface area contributed by atoms with Crippen molar-refractivity contribution in [2.24, 2.45) is 5.73 Å². The third-order valence-electron chi connectivity index (χ3n) is 2.93. The van der Waals surface area contributed by atoms with Crippen molar-refractivity contribution in [3.8, 4) is 0 Å². The molecule has 1 rings (SSSR count). The van der Waals surface area contributed by atoms with Gasteiger partial charge in [0.05, 0.1) is 0 Å². The van der Waals surface area contributed by atoms with Crippen molar-refractivity contribution in [1.82, 2.24) is 0 Å². The average molecular weight is 454 g/mol. The molecule has 0 saturated carbocycles. The molecule has 0 aliphatic carbocycles. The van der Waals surface area contributed by atoms with E-state index < -0.39 is 6.09 Å². The maximum Gasteiger partial charge on any atom is 4.00 e. The topological polar surface area (TPSA) is 94.6 Å². The van der Waals surface area contributed by atoms with Crippen molar-refractivity contribution in [3.05, 3.63) is 70.1 Å². The predicted molar refractivity (Wildman–Crippen MR) is 128 cm³/mol. The quantitative estimate of drug-likeness (QED) is 0.343. The van der Waals surface area contributed by atoms with Crippen LogP contribution in [0.2, 0.25) is 0 Å². The van der Waals surface area contributed by atoms with Gasteiger partial charge in [-0.05, 0) is 0 Å². The van der Waals surface area contributed by atoms with Gasteiger partial charge in [-0.1, -0.05) is 54.5 Å². The molecule has 0 atom stereocenters. The number of benzene rings is 1. The van der Waals surface area contributed by atoms with Crippen molar-refractivity contribution >= 4 is 6.09 Å². The van der Waals surface area contributed by atoms with Crippen LogP contribution >= 0.6 is 0 Å².